The van der Waals surface area contributed by atoms with Crippen molar-refractivity contribution >= 4 is 49.8 Å². The van der Waals surface area contributed by atoms with Gasteiger partial charge in [0, 0.05) is 30.5 Å². The first-order valence-electron chi connectivity index (χ1n) is 11.0. The maximum absolute atomic E-state index is 12.8. The number of carbonyl (C=O) groups excluding carboxylic acids is 2. The highest BCUT2D eigenvalue weighted by atomic mass is 32.2. The zero-order chi connectivity index (χ0) is 25.0. The summed E-state index contributed by atoms with van der Waals surface area (Å²) in [6.07, 6.45) is 1.39. The van der Waals surface area contributed by atoms with Crippen LogP contribution in [0.1, 0.15) is 24.4 Å². The average Bonchev–Trinajstić information content (AvgIpc) is 3.31. The number of nitrogens with one attached hydrogen (secondary N) is 3. The molecule has 1 unspecified atom stereocenters. The topological polar surface area (TPSA) is 133 Å². The minimum absolute atomic E-state index is 0.0403. The molecule has 1 fully saturated rings. The van der Waals surface area contributed by atoms with Crippen molar-refractivity contribution in [2.24, 2.45) is 5.92 Å². The van der Waals surface area contributed by atoms with E-state index in [-0.39, 0.29) is 28.6 Å². The summed E-state index contributed by atoms with van der Waals surface area (Å²) in [7, 11) is -3.85. The molecule has 4 rings (SSSR count). The Morgan fingerprint density at radius 2 is 1.86 bits per heavy atom. The zero-order valence-corrected chi connectivity index (χ0v) is 20.9. The molecule has 184 valence electrons. The largest absolute Gasteiger partial charge is 0.326 e. The minimum atomic E-state index is -3.85. The Morgan fingerprint density at radius 3 is 2.54 bits per heavy atom. The molecule has 2 aromatic heterocycles. The van der Waals surface area contributed by atoms with Crippen LogP contribution >= 0.6 is 11.3 Å². The van der Waals surface area contributed by atoms with Crippen molar-refractivity contribution in [1.29, 1.82) is 0 Å². The van der Waals surface area contributed by atoms with E-state index in [0.717, 1.165) is 11.4 Å². The number of thiophene rings is 1. The Hall–Kier alpha value is -3.51. The third kappa shape index (κ3) is 6.34. The van der Waals surface area contributed by atoms with E-state index in [4.69, 9.17) is 0 Å². The number of piperidine rings is 1. The molecular weight excluding hydrogens is 488 g/mol. The van der Waals surface area contributed by atoms with Crippen LogP contribution in [-0.4, -0.2) is 48.3 Å². The van der Waals surface area contributed by atoms with Gasteiger partial charge in [-0.3, -0.25) is 14.8 Å². The van der Waals surface area contributed by atoms with Crippen LogP contribution < -0.4 is 15.4 Å². The van der Waals surface area contributed by atoms with Gasteiger partial charge in [-0.2, -0.15) is 0 Å². The summed E-state index contributed by atoms with van der Waals surface area (Å²) in [6, 6.07) is 10.9. The molecule has 0 saturated carbocycles. The molecule has 0 bridgehead atoms. The Kier molecular flexibility index (Phi) is 7.31. The smallest absolute Gasteiger partial charge is 0.322 e. The van der Waals surface area contributed by atoms with Gasteiger partial charge in [-0.15, -0.1) is 11.3 Å². The quantitative estimate of drug-likeness (QED) is 0.458. The number of anilines is 3. The van der Waals surface area contributed by atoms with Crippen molar-refractivity contribution in [2.75, 3.05) is 28.4 Å². The monoisotopic (exact) mass is 514 g/mol. The number of benzene rings is 1. The summed E-state index contributed by atoms with van der Waals surface area (Å²) in [5.41, 5.74) is 1.13. The van der Waals surface area contributed by atoms with E-state index >= 15 is 0 Å². The molecule has 3 amide bonds. The predicted octanol–water partition coefficient (Wildman–Crippen LogP) is 3.84. The molecule has 35 heavy (non-hydrogen) atoms. The molecule has 0 radical (unpaired) electrons. The van der Waals surface area contributed by atoms with Gasteiger partial charge in [0.15, 0.2) is 0 Å². The van der Waals surface area contributed by atoms with Crippen LogP contribution in [0, 0.1) is 19.8 Å². The Bertz CT molecular complexity index is 1290. The summed E-state index contributed by atoms with van der Waals surface area (Å²) in [5, 5.41) is 8.32. The lowest BCUT2D eigenvalue weighted by atomic mass is 9.97. The molecule has 3 N–H and O–H groups in total. The van der Waals surface area contributed by atoms with Crippen molar-refractivity contribution in [3.05, 3.63) is 59.4 Å². The summed E-state index contributed by atoms with van der Waals surface area (Å²) >= 11 is 1.44. The van der Waals surface area contributed by atoms with Crippen molar-refractivity contribution in [1.82, 2.24) is 14.9 Å². The number of aromatic nitrogens is 2. The van der Waals surface area contributed by atoms with E-state index in [9.17, 15) is 18.0 Å². The number of hydrogen-bond donors (Lipinski definition) is 3. The minimum Gasteiger partial charge on any atom is -0.326 e. The molecule has 1 aromatic carbocycles. The number of carbonyl (C=O) groups is 2. The lowest BCUT2D eigenvalue weighted by Gasteiger charge is -2.31. The summed E-state index contributed by atoms with van der Waals surface area (Å²) in [5.74, 6) is 0.0924. The second kappa shape index (κ2) is 10.4. The molecule has 1 aliphatic rings. The number of rotatable bonds is 6. The third-order valence-electron chi connectivity index (χ3n) is 5.47. The van der Waals surface area contributed by atoms with Gasteiger partial charge < -0.3 is 10.2 Å². The normalized spacial score (nSPS) is 15.9. The van der Waals surface area contributed by atoms with Crippen LogP contribution in [0.5, 0.6) is 0 Å². The Morgan fingerprint density at radius 1 is 1.09 bits per heavy atom. The molecule has 1 aliphatic heterocycles. The number of urea groups is 1. The first-order valence-corrected chi connectivity index (χ1v) is 13.4. The maximum atomic E-state index is 12.8. The Balaban J connectivity index is 1.36. The van der Waals surface area contributed by atoms with Crippen LogP contribution in [0.15, 0.2) is 52.7 Å². The summed E-state index contributed by atoms with van der Waals surface area (Å²) in [6.45, 7) is 4.35. The van der Waals surface area contributed by atoms with Crippen LogP contribution in [0.4, 0.5) is 21.3 Å². The van der Waals surface area contributed by atoms with E-state index in [0.29, 0.717) is 36.7 Å². The highest BCUT2D eigenvalue weighted by molar-refractivity contribution is 7.92. The predicted molar refractivity (Wildman–Crippen MR) is 135 cm³/mol. The van der Waals surface area contributed by atoms with Gasteiger partial charge in [-0.1, -0.05) is 0 Å². The molecule has 1 saturated heterocycles. The molecule has 0 aliphatic carbocycles. The van der Waals surface area contributed by atoms with Crippen molar-refractivity contribution < 1.29 is 18.0 Å². The number of nitrogens with zero attached hydrogens (tertiary/aromatic N) is 3. The highest BCUT2D eigenvalue weighted by Gasteiger charge is 2.28. The number of sulfonamides is 1. The fourth-order valence-electron chi connectivity index (χ4n) is 3.84. The number of aryl methyl sites for hydroxylation is 2. The molecule has 12 heteroatoms. The second-order valence-electron chi connectivity index (χ2n) is 8.25. The fraction of sp³-hybridized carbons (Fsp3) is 0.304. The second-order valence-corrected chi connectivity index (χ2v) is 10.9. The lowest BCUT2D eigenvalue weighted by Crippen LogP contribution is -2.45. The van der Waals surface area contributed by atoms with Gasteiger partial charge in [-0.05, 0) is 68.5 Å². The van der Waals surface area contributed by atoms with Gasteiger partial charge in [0.25, 0.3) is 10.0 Å². The van der Waals surface area contributed by atoms with E-state index in [1.807, 2.05) is 17.5 Å². The van der Waals surface area contributed by atoms with Crippen molar-refractivity contribution in [3.8, 4) is 0 Å². The van der Waals surface area contributed by atoms with Gasteiger partial charge >= 0.3 is 6.03 Å². The third-order valence-corrected chi connectivity index (χ3v) is 7.62. The molecule has 3 heterocycles. The zero-order valence-electron chi connectivity index (χ0n) is 19.3. The van der Waals surface area contributed by atoms with Crippen LogP contribution in [0.2, 0.25) is 0 Å². The molecule has 0 spiro atoms. The van der Waals surface area contributed by atoms with Gasteiger partial charge in [0.05, 0.1) is 15.8 Å². The fourth-order valence-corrected chi connectivity index (χ4v) is 5.44. The number of amides is 3. The van der Waals surface area contributed by atoms with E-state index < -0.39 is 10.0 Å². The molecule has 1 atom stereocenters. The van der Waals surface area contributed by atoms with E-state index in [1.165, 1.54) is 35.6 Å². The van der Waals surface area contributed by atoms with Crippen LogP contribution in [0.3, 0.4) is 0 Å². The Labute approximate surface area is 207 Å². The first-order chi connectivity index (χ1) is 16.7. The summed E-state index contributed by atoms with van der Waals surface area (Å²) in [4.78, 5) is 35.3. The van der Waals surface area contributed by atoms with Gasteiger partial charge in [-0.25, -0.2) is 23.2 Å². The van der Waals surface area contributed by atoms with E-state index in [1.54, 1.807) is 24.8 Å². The van der Waals surface area contributed by atoms with Gasteiger partial charge in [0.2, 0.25) is 5.91 Å². The average molecular weight is 515 g/mol. The SMILES string of the molecule is Cc1cc(NS(=O)(=O)c2ccc(NC(=O)C3CCCN(C(=O)Nc4cccs4)C3)cc2)nc(C)n1. The van der Waals surface area contributed by atoms with Gasteiger partial charge in [0.1, 0.15) is 11.6 Å². The van der Waals surface area contributed by atoms with E-state index in [2.05, 4.69) is 25.3 Å². The molecular formula is C23H26N6O4S2. The standard InChI is InChI=1S/C23H26N6O4S2/c1-15-13-20(25-16(2)24-15)28-35(32,33)19-9-7-18(8-10-19)26-22(30)17-5-3-11-29(14-17)23(31)27-21-6-4-12-34-21/h4,6-10,12-13,17H,3,5,11,14H2,1-2H3,(H,26,30)(H,27,31)(H,24,25,28). The highest BCUT2D eigenvalue weighted by Crippen LogP contribution is 2.22. The summed E-state index contributed by atoms with van der Waals surface area (Å²) < 4.78 is 27.9. The molecule has 3 aromatic rings. The molecule has 10 nitrogen and oxygen atoms in total. The van der Waals surface area contributed by atoms with Crippen LogP contribution in [0.25, 0.3) is 0 Å². The number of hydrogen-bond acceptors (Lipinski definition) is 7. The maximum Gasteiger partial charge on any atom is 0.322 e. The number of likely N-dealkylation sites (tertiary alicyclic amines) is 1. The lowest BCUT2D eigenvalue weighted by molar-refractivity contribution is -0.121. The first kappa shape index (κ1) is 24.6. The van der Waals surface area contributed by atoms with Crippen LogP contribution in [-0.2, 0) is 14.8 Å². The van der Waals surface area contributed by atoms with Crippen molar-refractivity contribution in [3.63, 3.8) is 0 Å². The van der Waals surface area contributed by atoms with Crippen molar-refractivity contribution in [2.45, 2.75) is 31.6 Å².